The average molecular weight is 229 g/mol. The molecule has 0 spiro atoms. The van der Waals surface area contributed by atoms with Crippen molar-refractivity contribution in [2.24, 2.45) is 0 Å². The molecule has 1 aliphatic carbocycles. The largest absolute Gasteiger partial charge is 0.193 e. The topological polar surface area (TPSA) is 23.8 Å². The smallest absolute Gasteiger partial charge is 0.0947 e. The molecule has 0 aromatic carbocycles. The molecule has 0 aromatic heterocycles. The van der Waals surface area contributed by atoms with Crippen LogP contribution in [0.15, 0.2) is 34.4 Å². The van der Waals surface area contributed by atoms with E-state index < -0.39 is 0 Å². The molecule has 0 atom stereocenters. The zero-order valence-corrected chi connectivity index (χ0v) is 11.3. The molecular formula is C16H23N. The van der Waals surface area contributed by atoms with Gasteiger partial charge in [0.05, 0.1) is 6.07 Å². The second-order valence-electron chi connectivity index (χ2n) is 4.74. The number of hydrogen-bond donors (Lipinski definition) is 0. The highest BCUT2D eigenvalue weighted by atomic mass is 14.2. The van der Waals surface area contributed by atoms with Gasteiger partial charge in [0.2, 0.25) is 0 Å². The van der Waals surface area contributed by atoms with E-state index in [0.29, 0.717) is 0 Å². The minimum Gasteiger partial charge on any atom is -0.193 e. The first-order valence-electron chi connectivity index (χ1n) is 6.68. The molecule has 17 heavy (non-hydrogen) atoms. The van der Waals surface area contributed by atoms with Crippen LogP contribution in [0.3, 0.4) is 0 Å². The van der Waals surface area contributed by atoms with E-state index in [1.165, 1.54) is 30.4 Å². The van der Waals surface area contributed by atoms with Gasteiger partial charge in [-0.25, -0.2) is 0 Å². The number of nitriles is 1. The quantitative estimate of drug-likeness (QED) is 0.366. The first-order chi connectivity index (χ1) is 8.21. The Bertz CT molecular complexity index is 382. The normalized spacial score (nSPS) is 16.5. The molecule has 1 saturated carbocycles. The first-order valence-corrected chi connectivity index (χ1v) is 6.68. The second kappa shape index (κ2) is 7.12. The van der Waals surface area contributed by atoms with E-state index in [-0.39, 0.29) is 0 Å². The molecule has 92 valence electrons. The lowest BCUT2D eigenvalue weighted by Crippen LogP contribution is -2.01. The predicted molar refractivity (Wildman–Crippen MR) is 73.5 cm³/mol. The van der Waals surface area contributed by atoms with E-state index in [9.17, 15) is 0 Å². The Morgan fingerprint density at radius 2 is 2.06 bits per heavy atom. The molecular weight excluding hydrogens is 206 g/mol. The van der Waals surface area contributed by atoms with Gasteiger partial charge in [-0.1, -0.05) is 31.1 Å². The predicted octanol–water partition coefficient (Wildman–Crippen LogP) is 5.07. The monoisotopic (exact) mass is 229 g/mol. The summed E-state index contributed by atoms with van der Waals surface area (Å²) in [7, 11) is 0. The molecule has 0 heterocycles. The molecule has 0 saturated heterocycles. The van der Waals surface area contributed by atoms with Gasteiger partial charge in [0.1, 0.15) is 0 Å². The molecule has 0 N–H and O–H groups in total. The molecule has 1 rings (SSSR count). The van der Waals surface area contributed by atoms with E-state index >= 15 is 0 Å². The van der Waals surface area contributed by atoms with Crippen LogP contribution in [0, 0.1) is 11.3 Å². The van der Waals surface area contributed by atoms with E-state index in [0.717, 1.165) is 24.8 Å². The molecule has 0 aliphatic heterocycles. The van der Waals surface area contributed by atoms with Crippen LogP contribution in [-0.4, -0.2) is 0 Å². The highest BCUT2D eigenvalue weighted by Gasteiger charge is 2.12. The highest BCUT2D eigenvalue weighted by Crippen LogP contribution is 2.31. The van der Waals surface area contributed by atoms with Crippen molar-refractivity contribution in [3.63, 3.8) is 0 Å². The molecule has 0 aromatic rings. The van der Waals surface area contributed by atoms with Crippen molar-refractivity contribution < 1.29 is 0 Å². The summed E-state index contributed by atoms with van der Waals surface area (Å²) in [5.41, 5.74) is 5.34. The van der Waals surface area contributed by atoms with Gasteiger partial charge in [-0.05, 0) is 57.1 Å². The Morgan fingerprint density at radius 3 is 2.47 bits per heavy atom. The second-order valence-corrected chi connectivity index (χ2v) is 4.74. The fourth-order valence-corrected chi connectivity index (χ4v) is 2.09. The summed E-state index contributed by atoms with van der Waals surface area (Å²) < 4.78 is 0. The summed E-state index contributed by atoms with van der Waals surface area (Å²) in [5, 5.41) is 8.99. The van der Waals surface area contributed by atoms with Crippen LogP contribution < -0.4 is 0 Å². The van der Waals surface area contributed by atoms with Gasteiger partial charge in [0.25, 0.3) is 0 Å². The van der Waals surface area contributed by atoms with Crippen LogP contribution in [0.5, 0.6) is 0 Å². The molecule has 0 bridgehead atoms. The Morgan fingerprint density at radius 1 is 1.35 bits per heavy atom. The summed E-state index contributed by atoms with van der Waals surface area (Å²) >= 11 is 0. The standard InChI is InChI=1S/C16H23N/c1-4-7-15(11-14(5-2)12-17)10-13(3)16-8-6-9-16/h7,11H,4-6,8-10H2,1-3H3. The van der Waals surface area contributed by atoms with Crippen molar-refractivity contribution in [2.45, 2.75) is 59.3 Å². The highest BCUT2D eigenvalue weighted by molar-refractivity contribution is 5.35. The molecule has 0 amide bonds. The molecule has 1 nitrogen and oxygen atoms in total. The zero-order valence-electron chi connectivity index (χ0n) is 11.3. The fraction of sp³-hybridized carbons (Fsp3) is 0.562. The summed E-state index contributed by atoms with van der Waals surface area (Å²) in [6, 6.07) is 2.28. The Labute approximate surface area is 106 Å². The van der Waals surface area contributed by atoms with Gasteiger partial charge < -0.3 is 0 Å². The van der Waals surface area contributed by atoms with E-state index in [1.807, 2.05) is 6.92 Å². The van der Waals surface area contributed by atoms with Crippen molar-refractivity contribution in [3.05, 3.63) is 34.4 Å². The van der Waals surface area contributed by atoms with E-state index in [1.54, 1.807) is 5.57 Å². The lowest BCUT2D eigenvalue weighted by molar-refractivity contribution is 0.646. The maximum absolute atomic E-state index is 8.99. The third kappa shape index (κ3) is 4.23. The zero-order chi connectivity index (χ0) is 12.7. The van der Waals surface area contributed by atoms with Crippen molar-refractivity contribution in [2.75, 3.05) is 0 Å². The number of rotatable bonds is 5. The summed E-state index contributed by atoms with van der Waals surface area (Å²) in [4.78, 5) is 0. The van der Waals surface area contributed by atoms with Crippen LogP contribution in [0.1, 0.15) is 59.3 Å². The molecule has 1 heteroatoms. The van der Waals surface area contributed by atoms with Crippen molar-refractivity contribution >= 4 is 0 Å². The number of allylic oxidation sites excluding steroid dienone is 6. The van der Waals surface area contributed by atoms with Gasteiger partial charge in [-0.15, -0.1) is 0 Å². The SMILES string of the molecule is CCC=C(C=C(C#N)CC)CC(C)=C1CCC1. The minimum atomic E-state index is 0.827. The van der Waals surface area contributed by atoms with Crippen LogP contribution >= 0.6 is 0 Å². The molecule has 1 fully saturated rings. The fourth-order valence-electron chi connectivity index (χ4n) is 2.09. The third-order valence-electron chi connectivity index (χ3n) is 3.38. The van der Waals surface area contributed by atoms with E-state index in [4.69, 9.17) is 5.26 Å². The minimum absolute atomic E-state index is 0.827. The Kier molecular flexibility index (Phi) is 5.77. The van der Waals surface area contributed by atoms with E-state index in [2.05, 4.69) is 32.1 Å². The van der Waals surface area contributed by atoms with Crippen LogP contribution in [0.25, 0.3) is 0 Å². The van der Waals surface area contributed by atoms with Gasteiger partial charge in [0, 0.05) is 5.57 Å². The van der Waals surface area contributed by atoms with Crippen LogP contribution in [-0.2, 0) is 0 Å². The van der Waals surface area contributed by atoms with Gasteiger partial charge in [0.15, 0.2) is 0 Å². The van der Waals surface area contributed by atoms with Crippen molar-refractivity contribution in [3.8, 4) is 6.07 Å². The average Bonchev–Trinajstić information content (AvgIpc) is 2.23. The summed E-state index contributed by atoms with van der Waals surface area (Å²) in [6.45, 7) is 6.43. The van der Waals surface area contributed by atoms with Gasteiger partial charge >= 0.3 is 0 Å². The first kappa shape index (κ1) is 13.8. The van der Waals surface area contributed by atoms with Crippen LogP contribution in [0.4, 0.5) is 0 Å². The van der Waals surface area contributed by atoms with Gasteiger partial charge in [-0.2, -0.15) is 5.26 Å². The lowest BCUT2D eigenvalue weighted by atomic mass is 9.86. The third-order valence-corrected chi connectivity index (χ3v) is 3.38. The number of hydrogen-bond acceptors (Lipinski definition) is 1. The van der Waals surface area contributed by atoms with Crippen LogP contribution in [0.2, 0.25) is 0 Å². The molecule has 0 radical (unpaired) electrons. The van der Waals surface area contributed by atoms with Gasteiger partial charge in [-0.3, -0.25) is 0 Å². The Balaban J connectivity index is 2.78. The Hall–Kier alpha value is -1.29. The maximum Gasteiger partial charge on any atom is 0.0947 e. The summed E-state index contributed by atoms with van der Waals surface area (Å²) in [6.07, 6.45) is 11.1. The summed E-state index contributed by atoms with van der Waals surface area (Å²) in [5.74, 6) is 0. The molecule has 0 unspecified atom stereocenters. The van der Waals surface area contributed by atoms with Crippen molar-refractivity contribution in [1.82, 2.24) is 0 Å². The lowest BCUT2D eigenvalue weighted by Gasteiger charge is -2.20. The molecule has 1 aliphatic rings. The maximum atomic E-state index is 8.99. The van der Waals surface area contributed by atoms with Crippen molar-refractivity contribution in [1.29, 1.82) is 5.26 Å². The number of nitrogens with zero attached hydrogens (tertiary/aromatic N) is 1.